The van der Waals surface area contributed by atoms with E-state index in [1.54, 1.807) is 0 Å². The molecule has 0 saturated heterocycles. The lowest BCUT2D eigenvalue weighted by molar-refractivity contribution is 0.101. The van der Waals surface area contributed by atoms with Crippen molar-refractivity contribution < 1.29 is 14.6 Å². The molecule has 1 saturated carbocycles. The number of aliphatic hydroxyl groups is 1. The van der Waals surface area contributed by atoms with Crippen LogP contribution in [0.2, 0.25) is 0 Å². The first kappa shape index (κ1) is 16.6. The van der Waals surface area contributed by atoms with Gasteiger partial charge < -0.3 is 20.5 Å². The number of anilines is 1. The highest BCUT2D eigenvalue weighted by Crippen LogP contribution is 2.23. The van der Waals surface area contributed by atoms with Gasteiger partial charge in [0.15, 0.2) is 0 Å². The molecule has 0 heterocycles. The molecule has 2 unspecified atom stereocenters. The highest BCUT2D eigenvalue weighted by molar-refractivity contribution is 5.89. The van der Waals surface area contributed by atoms with Gasteiger partial charge in [-0.2, -0.15) is 0 Å². The molecule has 2 amide bonds. The van der Waals surface area contributed by atoms with E-state index in [-0.39, 0.29) is 18.2 Å². The van der Waals surface area contributed by atoms with Crippen LogP contribution in [0, 0.1) is 5.92 Å². The van der Waals surface area contributed by atoms with E-state index in [0.717, 1.165) is 37.1 Å². The molecule has 0 aromatic heterocycles. The van der Waals surface area contributed by atoms with Crippen LogP contribution in [-0.2, 0) is 0 Å². The first-order valence-electron chi connectivity index (χ1n) is 8.02. The summed E-state index contributed by atoms with van der Waals surface area (Å²) in [7, 11) is 0. The van der Waals surface area contributed by atoms with Crippen molar-refractivity contribution in [1.29, 1.82) is 0 Å². The molecule has 122 valence electrons. The maximum atomic E-state index is 11.9. The molecule has 5 heteroatoms. The fourth-order valence-corrected chi connectivity index (χ4v) is 2.75. The van der Waals surface area contributed by atoms with Crippen LogP contribution in [0.15, 0.2) is 24.3 Å². The minimum atomic E-state index is -0.211. The average molecular weight is 306 g/mol. The third-order valence-corrected chi connectivity index (χ3v) is 3.79. The second-order valence-corrected chi connectivity index (χ2v) is 6.21. The molecule has 0 radical (unpaired) electrons. The number of rotatable bonds is 5. The number of amides is 2. The molecule has 1 aromatic carbocycles. The maximum Gasteiger partial charge on any atom is 0.319 e. The fourth-order valence-electron chi connectivity index (χ4n) is 2.75. The highest BCUT2D eigenvalue weighted by atomic mass is 16.5. The van der Waals surface area contributed by atoms with Gasteiger partial charge in [-0.3, -0.25) is 0 Å². The molecular formula is C17H26N2O3. The zero-order valence-electron chi connectivity index (χ0n) is 13.3. The maximum absolute atomic E-state index is 11.9. The third kappa shape index (κ3) is 5.56. The Morgan fingerprint density at radius 2 is 2.05 bits per heavy atom. The number of hydrogen-bond acceptors (Lipinski definition) is 3. The Hall–Kier alpha value is -1.75. The van der Waals surface area contributed by atoms with E-state index in [1.165, 1.54) is 0 Å². The first-order chi connectivity index (χ1) is 10.5. The average Bonchev–Trinajstić information content (AvgIpc) is 2.47. The number of ether oxygens (including phenoxy) is 1. The van der Waals surface area contributed by atoms with Crippen molar-refractivity contribution in [2.75, 3.05) is 11.9 Å². The van der Waals surface area contributed by atoms with Gasteiger partial charge >= 0.3 is 6.03 Å². The van der Waals surface area contributed by atoms with Crippen molar-refractivity contribution in [2.24, 2.45) is 5.92 Å². The van der Waals surface area contributed by atoms with Crippen LogP contribution >= 0.6 is 0 Å². The van der Waals surface area contributed by atoms with E-state index >= 15 is 0 Å². The summed E-state index contributed by atoms with van der Waals surface area (Å²) in [5, 5.41) is 15.3. The summed E-state index contributed by atoms with van der Waals surface area (Å²) in [5.41, 5.74) is 0.734. The van der Waals surface area contributed by atoms with Crippen molar-refractivity contribution in [3.05, 3.63) is 24.3 Å². The summed E-state index contributed by atoms with van der Waals surface area (Å²) in [4.78, 5) is 11.9. The number of benzene rings is 1. The summed E-state index contributed by atoms with van der Waals surface area (Å²) in [5.74, 6) is 1.16. The van der Waals surface area contributed by atoms with Crippen LogP contribution in [0.25, 0.3) is 0 Å². The van der Waals surface area contributed by atoms with E-state index in [1.807, 2.05) is 38.1 Å². The third-order valence-electron chi connectivity index (χ3n) is 3.79. The molecule has 0 aliphatic heterocycles. The van der Waals surface area contributed by atoms with Gasteiger partial charge in [-0.05, 0) is 63.3 Å². The molecule has 0 spiro atoms. The van der Waals surface area contributed by atoms with Gasteiger partial charge in [0.2, 0.25) is 0 Å². The van der Waals surface area contributed by atoms with Crippen molar-refractivity contribution in [3.8, 4) is 5.75 Å². The quantitative estimate of drug-likeness (QED) is 0.782. The van der Waals surface area contributed by atoms with E-state index in [2.05, 4.69) is 10.6 Å². The number of hydrogen-bond donors (Lipinski definition) is 3. The second kappa shape index (κ2) is 8.03. The SMILES string of the molecule is CC(C)Oc1ccc(NC(=O)NCC2CCCC(O)C2)cc1. The molecular weight excluding hydrogens is 280 g/mol. The Kier molecular flexibility index (Phi) is 6.07. The van der Waals surface area contributed by atoms with Gasteiger partial charge in [-0.25, -0.2) is 4.79 Å². The Balaban J connectivity index is 1.74. The van der Waals surface area contributed by atoms with Crippen molar-refractivity contribution >= 4 is 11.7 Å². The lowest BCUT2D eigenvalue weighted by Gasteiger charge is -2.25. The van der Waals surface area contributed by atoms with Crippen LogP contribution in [-0.4, -0.2) is 29.9 Å². The second-order valence-electron chi connectivity index (χ2n) is 6.21. The summed E-state index contributed by atoms with van der Waals surface area (Å²) in [6, 6.07) is 7.11. The van der Waals surface area contributed by atoms with Crippen molar-refractivity contribution in [3.63, 3.8) is 0 Å². The lowest BCUT2D eigenvalue weighted by Crippen LogP contribution is -2.35. The van der Waals surface area contributed by atoms with E-state index in [4.69, 9.17) is 4.74 Å². The van der Waals surface area contributed by atoms with Crippen molar-refractivity contribution in [1.82, 2.24) is 5.32 Å². The van der Waals surface area contributed by atoms with Crippen LogP contribution in [0.5, 0.6) is 5.75 Å². The van der Waals surface area contributed by atoms with Gasteiger partial charge in [0.25, 0.3) is 0 Å². The zero-order chi connectivity index (χ0) is 15.9. The number of carbonyl (C=O) groups excluding carboxylic acids is 1. The summed E-state index contributed by atoms with van der Waals surface area (Å²) < 4.78 is 5.56. The summed E-state index contributed by atoms with van der Waals surface area (Å²) >= 11 is 0. The number of aliphatic hydroxyl groups excluding tert-OH is 1. The number of nitrogens with one attached hydrogen (secondary N) is 2. The van der Waals surface area contributed by atoms with E-state index in [0.29, 0.717) is 12.5 Å². The van der Waals surface area contributed by atoms with Gasteiger partial charge in [-0.1, -0.05) is 6.42 Å². The molecule has 0 bridgehead atoms. The Bertz CT molecular complexity index is 473. The van der Waals surface area contributed by atoms with Gasteiger partial charge in [0.1, 0.15) is 5.75 Å². The Morgan fingerprint density at radius 1 is 1.32 bits per heavy atom. The molecule has 5 nitrogen and oxygen atoms in total. The smallest absolute Gasteiger partial charge is 0.319 e. The summed E-state index contributed by atoms with van der Waals surface area (Å²) in [6.45, 7) is 4.56. The lowest BCUT2D eigenvalue weighted by atomic mass is 9.87. The minimum Gasteiger partial charge on any atom is -0.491 e. The zero-order valence-corrected chi connectivity index (χ0v) is 13.3. The fraction of sp³-hybridized carbons (Fsp3) is 0.588. The molecule has 22 heavy (non-hydrogen) atoms. The standard InChI is InChI=1S/C17H26N2O3/c1-12(2)22-16-8-6-14(7-9-16)19-17(21)18-11-13-4-3-5-15(20)10-13/h6-9,12-13,15,20H,3-5,10-11H2,1-2H3,(H2,18,19,21). The number of carbonyl (C=O) groups is 1. The van der Waals surface area contributed by atoms with Crippen LogP contribution in [0.3, 0.4) is 0 Å². The Labute approximate surface area is 132 Å². The van der Waals surface area contributed by atoms with Crippen LogP contribution in [0.4, 0.5) is 10.5 Å². The van der Waals surface area contributed by atoms with E-state index < -0.39 is 0 Å². The van der Waals surface area contributed by atoms with Gasteiger partial charge in [0.05, 0.1) is 12.2 Å². The predicted octanol–water partition coefficient (Wildman–Crippen LogP) is 3.15. The van der Waals surface area contributed by atoms with E-state index in [9.17, 15) is 9.90 Å². The van der Waals surface area contributed by atoms with Crippen LogP contribution in [0.1, 0.15) is 39.5 Å². The normalized spacial score (nSPS) is 21.5. The van der Waals surface area contributed by atoms with Gasteiger partial charge in [-0.15, -0.1) is 0 Å². The summed E-state index contributed by atoms with van der Waals surface area (Å²) in [6.07, 6.45) is 3.69. The molecule has 2 atom stereocenters. The topological polar surface area (TPSA) is 70.6 Å². The molecule has 1 fully saturated rings. The molecule has 3 N–H and O–H groups in total. The molecule has 1 aliphatic rings. The monoisotopic (exact) mass is 306 g/mol. The largest absolute Gasteiger partial charge is 0.491 e. The molecule has 1 aromatic rings. The van der Waals surface area contributed by atoms with Crippen LogP contribution < -0.4 is 15.4 Å². The first-order valence-corrected chi connectivity index (χ1v) is 8.02. The predicted molar refractivity (Wildman–Crippen MR) is 87.2 cm³/mol. The van der Waals surface area contributed by atoms with Gasteiger partial charge in [0, 0.05) is 12.2 Å². The Morgan fingerprint density at radius 3 is 2.68 bits per heavy atom. The van der Waals surface area contributed by atoms with Crippen molar-refractivity contribution in [2.45, 2.75) is 51.7 Å². The minimum absolute atomic E-state index is 0.132. The molecule has 1 aliphatic carbocycles. The molecule has 2 rings (SSSR count). The number of urea groups is 1. The highest BCUT2D eigenvalue weighted by Gasteiger charge is 2.20.